The molecule has 0 bridgehead atoms. The molecule has 1 aromatic rings. The second-order valence-corrected chi connectivity index (χ2v) is 4.22. The highest BCUT2D eigenvalue weighted by Crippen LogP contribution is 2.22. The molecule has 1 aliphatic rings. The lowest BCUT2D eigenvalue weighted by Gasteiger charge is -2.34. The Morgan fingerprint density at radius 1 is 1.11 bits per heavy atom. The summed E-state index contributed by atoms with van der Waals surface area (Å²) in [5.74, 6) is 0.971. The smallest absolute Gasteiger partial charge is 0.121 e. The summed E-state index contributed by atoms with van der Waals surface area (Å²) in [7, 11) is 2.17. The van der Waals surface area contributed by atoms with Crippen molar-refractivity contribution >= 4 is 5.69 Å². The van der Waals surface area contributed by atoms with Gasteiger partial charge >= 0.3 is 0 Å². The van der Waals surface area contributed by atoms with Crippen molar-refractivity contribution in [1.29, 1.82) is 0 Å². The van der Waals surface area contributed by atoms with Crippen molar-refractivity contribution < 1.29 is 4.74 Å². The number of rotatable bonds is 3. The van der Waals surface area contributed by atoms with Crippen molar-refractivity contribution in [2.75, 3.05) is 44.7 Å². The van der Waals surface area contributed by atoms with E-state index in [-0.39, 0.29) is 0 Å². The number of hydrogen-bond donors (Lipinski definition) is 0. The maximum atomic E-state index is 5.52. The summed E-state index contributed by atoms with van der Waals surface area (Å²) >= 11 is 0. The molecule has 1 saturated heterocycles. The second kappa shape index (κ2) is 7.98. The topological polar surface area (TPSA) is 15.7 Å². The van der Waals surface area contributed by atoms with E-state index in [1.807, 2.05) is 26.8 Å². The minimum absolute atomic E-state index is 0.728. The van der Waals surface area contributed by atoms with Crippen molar-refractivity contribution in [2.24, 2.45) is 0 Å². The average molecular weight is 250 g/mol. The van der Waals surface area contributed by atoms with E-state index in [2.05, 4.69) is 35.0 Å². The molecule has 0 unspecified atom stereocenters. The summed E-state index contributed by atoms with van der Waals surface area (Å²) in [4.78, 5) is 4.78. The Morgan fingerprint density at radius 3 is 2.39 bits per heavy atom. The molecule has 1 heterocycles. The third-order valence-corrected chi connectivity index (χ3v) is 3.00. The molecule has 0 spiro atoms. The van der Waals surface area contributed by atoms with Crippen LogP contribution in [0.15, 0.2) is 24.3 Å². The van der Waals surface area contributed by atoms with Crippen molar-refractivity contribution in [3.05, 3.63) is 24.3 Å². The molecule has 3 heteroatoms. The van der Waals surface area contributed by atoms with E-state index >= 15 is 0 Å². The molecule has 0 aromatic heterocycles. The number of anilines is 1. The Kier molecular flexibility index (Phi) is 6.58. The zero-order valence-electron chi connectivity index (χ0n) is 12.1. The van der Waals surface area contributed by atoms with E-state index in [1.165, 1.54) is 5.69 Å². The Balaban J connectivity index is 0.000000771. The predicted molar refractivity (Wildman–Crippen MR) is 78.7 cm³/mol. The van der Waals surface area contributed by atoms with Crippen LogP contribution in [-0.4, -0.2) is 44.7 Å². The molecule has 18 heavy (non-hydrogen) atoms. The molecule has 0 amide bonds. The van der Waals surface area contributed by atoms with Gasteiger partial charge in [0.1, 0.15) is 5.75 Å². The first-order valence-electron chi connectivity index (χ1n) is 6.96. The van der Waals surface area contributed by atoms with Crippen LogP contribution in [0.25, 0.3) is 0 Å². The molecule has 1 fully saturated rings. The lowest BCUT2D eigenvalue weighted by molar-refractivity contribution is 0.312. The van der Waals surface area contributed by atoms with Crippen LogP contribution in [0.1, 0.15) is 20.8 Å². The highest BCUT2D eigenvalue weighted by Gasteiger charge is 2.14. The number of hydrogen-bond acceptors (Lipinski definition) is 3. The van der Waals surface area contributed by atoms with E-state index in [9.17, 15) is 0 Å². The van der Waals surface area contributed by atoms with Gasteiger partial charge in [0.2, 0.25) is 0 Å². The van der Waals surface area contributed by atoms with Gasteiger partial charge in [-0.25, -0.2) is 0 Å². The molecule has 0 aliphatic carbocycles. The molecule has 0 radical (unpaired) electrons. The zero-order chi connectivity index (χ0) is 13.4. The molecule has 1 aliphatic heterocycles. The highest BCUT2D eigenvalue weighted by atomic mass is 16.5. The van der Waals surface area contributed by atoms with Crippen LogP contribution in [0, 0.1) is 0 Å². The van der Waals surface area contributed by atoms with Crippen LogP contribution < -0.4 is 9.64 Å². The van der Waals surface area contributed by atoms with Gasteiger partial charge in [0.25, 0.3) is 0 Å². The number of ether oxygens (including phenoxy) is 1. The molecule has 102 valence electrons. The van der Waals surface area contributed by atoms with Crippen molar-refractivity contribution in [3.8, 4) is 5.75 Å². The number of benzene rings is 1. The van der Waals surface area contributed by atoms with Gasteiger partial charge in [-0.15, -0.1) is 0 Å². The maximum Gasteiger partial charge on any atom is 0.121 e. The van der Waals surface area contributed by atoms with Gasteiger partial charge < -0.3 is 14.5 Å². The van der Waals surface area contributed by atoms with Crippen LogP contribution in [0.2, 0.25) is 0 Å². The third-order valence-electron chi connectivity index (χ3n) is 3.00. The molecule has 0 N–H and O–H groups in total. The predicted octanol–water partition coefficient (Wildman–Crippen LogP) is 2.86. The van der Waals surface area contributed by atoms with Gasteiger partial charge in [-0.05, 0) is 26.1 Å². The van der Waals surface area contributed by atoms with Crippen LogP contribution in [-0.2, 0) is 0 Å². The number of piperazine rings is 1. The monoisotopic (exact) mass is 250 g/mol. The van der Waals surface area contributed by atoms with Crippen LogP contribution >= 0.6 is 0 Å². The Labute approximate surface area is 111 Å². The fraction of sp³-hybridized carbons (Fsp3) is 0.600. The lowest BCUT2D eigenvalue weighted by Crippen LogP contribution is -2.44. The standard InChI is InChI=1S/C13H20N2O.C2H6/c1-3-16-13-6-4-5-12(11-13)15-9-7-14(2)8-10-15;1-2/h4-6,11H,3,7-10H2,1-2H3;1-2H3. The summed E-state index contributed by atoms with van der Waals surface area (Å²) in [6.07, 6.45) is 0. The number of nitrogens with zero attached hydrogens (tertiary/aromatic N) is 2. The number of likely N-dealkylation sites (N-methyl/N-ethyl adjacent to an activating group) is 1. The van der Waals surface area contributed by atoms with Crippen molar-refractivity contribution in [1.82, 2.24) is 4.90 Å². The third kappa shape index (κ3) is 4.22. The fourth-order valence-corrected chi connectivity index (χ4v) is 2.00. The fourth-order valence-electron chi connectivity index (χ4n) is 2.00. The van der Waals surface area contributed by atoms with E-state index < -0.39 is 0 Å². The highest BCUT2D eigenvalue weighted by molar-refractivity contribution is 5.51. The molecule has 0 saturated carbocycles. The van der Waals surface area contributed by atoms with Gasteiger partial charge in [0.05, 0.1) is 6.61 Å². The van der Waals surface area contributed by atoms with E-state index in [1.54, 1.807) is 0 Å². The van der Waals surface area contributed by atoms with E-state index in [0.717, 1.165) is 38.5 Å². The van der Waals surface area contributed by atoms with Crippen LogP contribution in [0.4, 0.5) is 5.69 Å². The zero-order valence-corrected chi connectivity index (χ0v) is 12.1. The summed E-state index contributed by atoms with van der Waals surface area (Å²) in [5, 5.41) is 0. The van der Waals surface area contributed by atoms with Gasteiger partial charge in [0, 0.05) is 37.9 Å². The van der Waals surface area contributed by atoms with Gasteiger partial charge in [0.15, 0.2) is 0 Å². The lowest BCUT2D eigenvalue weighted by atomic mass is 10.2. The van der Waals surface area contributed by atoms with Crippen molar-refractivity contribution in [3.63, 3.8) is 0 Å². The van der Waals surface area contributed by atoms with E-state index in [0.29, 0.717) is 0 Å². The summed E-state index contributed by atoms with van der Waals surface area (Å²) in [6.45, 7) is 11.2. The van der Waals surface area contributed by atoms with Gasteiger partial charge in [-0.1, -0.05) is 19.9 Å². The molecule has 2 rings (SSSR count). The first-order valence-corrected chi connectivity index (χ1v) is 6.96. The van der Waals surface area contributed by atoms with Crippen LogP contribution in [0.5, 0.6) is 5.75 Å². The Hall–Kier alpha value is -1.22. The largest absolute Gasteiger partial charge is 0.494 e. The summed E-state index contributed by atoms with van der Waals surface area (Å²) in [5.41, 5.74) is 1.28. The maximum absolute atomic E-state index is 5.52. The van der Waals surface area contributed by atoms with Crippen LogP contribution in [0.3, 0.4) is 0 Å². The molecule has 3 nitrogen and oxygen atoms in total. The Bertz CT molecular complexity index is 333. The quantitative estimate of drug-likeness (QED) is 0.820. The normalized spacial score (nSPS) is 15.9. The first-order chi connectivity index (χ1) is 8.79. The molecule has 0 atom stereocenters. The molecular formula is C15H26N2O. The average Bonchev–Trinajstić information content (AvgIpc) is 2.43. The minimum atomic E-state index is 0.728. The first kappa shape index (κ1) is 14.8. The molecular weight excluding hydrogens is 224 g/mol. The van der Waals surface area contributed by atoms with Crippen molar-refractivity contribution in [2.45, 2.75) is 20.8 Å². The summed E-state index contributed by atoms with van der Waals surface area (Å²) < 4.78 is 5.52. The van der Waals surface area contributed by atoms with E-state index in [4.69, 9.17) is 4.74 Å². The SMILES string of the molecule is CC.CCOc1cccc(N2CCN(C)CC2)c1. The summed E-state index contributed by atoms with van der Waals surface area (Å²) in [6, 6.07) is 8.38. The van der Waals surface area contributed by atoms with Gasteiger partial charge in [-0.3, -0.25) is 0 Å². The second-order valence-electron chi connectivity index (χ2n) is 4.22. The molecule has 1 aromatic carbocycles. The minimum Gasteiger partial charge on any atom is -0.494 e. The Morgan fingerprint density at radius 2 is 1.78 bits per heavy atom. The van der Waals surface area contributed by atoms with Gasteiger partial charge in [-0.2, -0.15) is 0 Å².